The summed E-state index contributed by atoms with van der Waals surface area (Å²) >= 11 is 0. The average molecular weight is 312 g/mol. The predicted octanol–water partition coefficient (Wildman–Crippen LogP) is 4.05. The zero-order valence-corrected chi connectivity index (χ0v) is 13.0. The molecule has 2 aromatic heterocycles. The second-order valence-corrected chi connectivity index (χ2v) is 5.55. The van der Waals surface area contributed by atoms with Gasteiger partial charge in [0.05, 0.1) is 5.92 Å². The molecule has 24 heavy (non-hydrogen) atoms. The van der Waals surface area contributed by atoms with Crippen molar-refractivity contribution in [2.24, 2.45) is 0 Å². The Labute approximate surface area is 140 Å². The average Bonchev–Trinajstić information content (AvgIpc) is 3.14. The lowest BCUT2D eigenvalue weighted by Gasteiger charge is -2.15. The number of H-pyrrole nitrogens is 1. The van der Waals surface area contributed by atoms with Gasteiger partial charge in [0.1, 0.15) is 5.82 Å². The lowest BCUT2D eigenvalue weighted by Crippen LogP contribution is -2.05. The Morgan fingerprint density at radius 2 is 1.38 bits per heavy atom. The third-order valence-corrected chi connectivity index (χ3v) is 3.98. The van der Waals surface area contributed by atoms with E-state index in [1.165, 1.54) is 11.1 Å². The molecule has 1 N–H and O–H groups in total. The smallest absolute Gasteiger partial charge is 0.162 e. The molecular weight excluding hydrogens is 296 g/mol. The highest BCUT2D eigenvalue weighted by Gasteiger charge is 2.20. The van der Waals surface area contributed by atoms with Gasteiger partial charge in [0.15, 0.2) is 5.82 Å². The third kappa shape index (κ3) is 2.82. The quantitative estimate of drug-likeness (QED) is 0.618. The number of aromatic amines is 1. The summed E-state index contributed by atoms with van der Waals surface area (Å²) in [6, 6.07) is 24.5. The molecule has 0 fully saturated rings. The molecule has 0 aliphatic carbocycles. The lowest BCUT2D eigenvalue weighted by atomic mass is 9.91. The summed E-state index contributed by atoms with van der Waals surface area (Å²) < 4.78 is 0. The van der Waals surface area contributed by atoms with Gasteiger partial charge in [-0.1, -0.05) is 60.7 Å². The van der Waals surface area contributed by atoms with Crippen LogP contribution in [0, 0.1) is 0 Å². The van der Waals surface area contributed by atoms with Gasteiger partial charge in [-0.3, -0.25) is 4.98 Å². The van der Waals surface area contributed by atoms with E-state index in [4.69, 9.17) is 0 Å². The molecule has 0 aliphatic heterocycles. The molecule has 0 aliphatic rings. The molecule has 0 radical (unpaired) electrons. The molecule has 116 valence electrons. The van der Waals surface area contributed by atoms with Gasteiger partial charge in [0.2, 0.25) is 0 Å². The second kappa shape index (κ2) is 6.46. The lowest BCUT2D eigenvalue weighted by molar-refractivity contribution is 0.862. The van der Waals surface area contributed by atoms with Crippen molar-refractivity contribution in [3.8, 4) is 11.4 Å². The van der Waals surface area contributed by atoms with Crippen molar-refractivity contribution >= 4 is 0 Å². The molecule has 0 amide bonds. The van der Waals surface area contributed by atoms with Gasteiger partial charge >= 0.3 is 0 Å². The van der Waals surface area contributed by atoms with Crippen LogP contribution in [0.5, 0.6) is 0 Å². The molecule has 0 unspecified atom stereocenters. The summed E-state index contributed by atoms with van der Waals surface area (Å²) in [6.07, 6.45) is 3.53. The van der Waals surface area contributed by atoms with E-state index in [0.29, 0.717) is 0 Å². The second-order valence-electron chi connectivity index (χ2n) is 5.55. The van der Waals surface area contributed by atoms with Crippen molar-refractivity contribution < 1.29 is 0 Å². The van der Waals surface area contributed by atoms with Crippen LogP contribution in [0.2, 0.25) is 0 Å². The zero-order chi connectivity index (χ0) is 16.2. The van der Waals surface area contributed by atoms with Crippen LogP contribution in [-0.4, -0.2) is 20.2 Å². The number of nitrogens with zero attached hydrogens (tertiary/aromatic N) is 3. The molecule has 2 aromatic carbocycles. The van der Waals surface area contributed by atoms with Gasteiger partial charge in [-0.15, -0.1) is 10.2 Å². The highest BCUT2D eigenvalue weighted by Crippen LogP contribution is 2.30. The number of benzene rings is 2. The molecule has 0 saturated heterocycles. The fraction of sp³-hybridized carbons (Fsp3) is 0.0500. The van der Waals surface area contributed by atoms with Crippen LogP contribution in [0.1, 0.15) is 22.9 Å². The monoisotopic (exact) mass is 312 g/mol. The van der Waals surface area contributed by atoms with Crippen LogP contribution < -0.4 is 0 Å². The molecule has 0 saturated carbocycles. The number of nitrogens with one attached hydrogen (secondary N) is 1. The molecule has 2 heterocycles. The Bertz CT molecular complexity index is 863. The molecule has 0 bridgehead atoms. The van der Waals surface area contributed by atoms with Crippen LogP contribution in [0.3, 0.4) is 0 Å². The molecule has 0 atom stereocenters. The Morgan fingerprint density at radius 1 is 0.708 bits per heavy atom. The zero-order valence-electron chi connectivity index (χ0n) is 13.0. The number of hydrogen-bond donors (Lipinski definition) is 1. The van der Waals surface area contributed by atoms with Gasteiger partial charge < -0.3 is 4.98 Å². The van der Waals surface area contributed by atoms with Gasteiger partial charge in [0.25, 0.3) is 0 Å². The maximum atomic E-state index is 4.41. The Kier molecular flexibility index (Phi) is 3.86. The Morgan fingerprint density at radius 3 is 1.96 bits per heavy atom. The maximum absolute atomic E-state index is 4.41. The van der Waals surface area contributed by atoms with E-state index in [2.05, 4.69) is 44.4 Å². The van der Waals surface area contributed by atoms with E-state index in [1.54, 1.807) is 12.4 Å². The van der Waals surface area contributed by atoms with Crippen LogP contribution in [0.25, 0.3) is 11.4 Å². The summed E-state index contributed by atoms with van der Waals surface area (Å²) in [5.41, 5.74) is 3.28. The van der Waals surface area contributed by atoms with Gasteiger partial charge in [-0.2, -0.15) is 0 Å². The van der Waals surface area contributed by atoms with Crippen molar-refractivity contribution in [2.75, 3.05) is 0 Å². The summed E-state index contributed by atoms with van der Waals surface area (Å²) in [6.45, 7) is 0. The van der Waals surface area contributed by atoms with Gasteiger partial charge in [-0.25, -0.2) is 0 Å². The number of pyridine rings is 1. The summed E-state index contributed by atoms with van der Waals surface area (Å²) in [5, 5.41) is 8.73. The van der Waals surface area contributed by atoms with Crippen molar-refractivity contribution in [3.05, 3.63) is 102 Å². The van der Waals surface area contributed by atoms with Crippen LogP contribution in [0.15, 0.2) is 85.2 Å². The highest BCUT2D eigenvalue weighted by molar-refractivity contribution is 5.53. The number of rotatable bonds is 4. The SMILES string of the molecule is c1ccc(C(c2ccccc2)c2nnc(-c3cccnc3)[nH]2)cc1. The molecule has 4 rings (SSSR count). The largest absolute Gasteiger partial charge is 0.324 e. The van der Waals surface area contributed by atoms with E-state index < -0.39 is 0 Å². The Hall–Kier alpha value is -3.27. The van der Waals surface area contributed by atoms with Crippen LogP contribution in [0.4, 0.5) is 0 Å². The van der Waals surface area contributed by atoms with Crippen LogP contribution in [-0.2, 0) is 0 Å². The molecule has 4 heteroatoms. The molecular formula is C20H16N4. The van der Waals surface area contributed by atoms with E-state index in [-0.39, 0.29) is 5.92 Å². The Balaban J connectivity index is 1.79. The number of hydrogen-bond acceptors (Lipinski definition) is 3. The minimum Gasteiger partial charge on any atom is -0.324 e. The summed E-state index contributed by atoms with van der Waals surface area (Å²) in [7, 11) is 0. The summed E-state index contributed by atoms with van der Waals surface area (Å²) in [4.78, 5) is 7.51. The first-order valence-electron chi connectivity index (χ1n) is 7.85. The van der Waals surface area contributed by atoms with Crippen molar-refractivity contribution in [3.63, 3.8) is 0 Å². The van der Waals surface area contributed by atoms with Gasteiger partial charge in [-0.05, 0) is 23.3 Å². The van der Waals surface area contributed by atoms with Crippen molar-refractivity contribution in [1.29, 1.82) is 0 Å². The highest BCUT2D eigenvalue weighted by atomic mass is 15.2. The minimum atomic E-state index is 0.0188. The fourth-order valence-corrected chi connectivity index (χ4v) is 2.84. The van der Waals surface area contributed by atoms with E-state index >= 15 is 0 Å². The van der Waals surface area contributed by atoms with Crippen molar-refractivity contribution in [2.45, 2.75) is 5.92 Å². The third-order valence-electron chi connectivity index (χ3n) is 3.98. The maximum Gasteiger partial charge on any atom is 0.162 e. The standard InChI is InChI=1S/C20H16N4/c1-3-8-15(9-4-1)18(16-10-5-2-6-11-16)20-22-19(23-24-20)17-12-7-13-21-14-17/h1-14,18H,(H,22,23,24). The van der Waals surface area contributed by atoms with E-state index in [1.807, 2.05) is 48.5 Å². The molecule has 0 spiro atoms. The van der Waals surface area contributed by atoms with Crippen molar-refractivity contribution in [1.82, 2.24) is 20.2 Å². The topological polar surface area (TPSA) is 54.5 Å². The first-order chi connectivity index (χ1) is 11.9. The van der Waals surface area contributed by atoms with Crippen LogP contribution >= 0.6 is 0 Å². The van der Waals surface area contributed by atoms with Gasteiger partial charge in [0, 0.05) is 18.0 Å². The first kappa shape index (κ1) is 14.3. The van der Waals surface area contributed by atoms with E-state index in [0.717, 1.165) is 17.2 Å². The molecule has 4 aromatic rings. The molecule has 4 nitrogen and oxygen atoms in total. The normalized spacial score (nSPS) is 10.9. The summed E-state index contributed by atoms with van der Waals surface area (Å²) in [5.74, 6) is 1.58. The predicted molar refractivity (Wildman–Crippen MR) is 93.4 cm³/mol. The minimum absolute atomic E-state index is 0.0188. The number of aromatic nitrogens is 4. The fourth-order valence-electron chi connectivity index (χ4n) is 2.84. The first-order valence-corrected chi connectivity index (χ1v) is 7.85. The van der Waals surface area contributed by atoms with E-state index in [9.17, 15) is 0 Å².